The molecule has 0 aliphatic rings. The number of esters is 1. The second kappa shape index (κ2) is 10.3. The number of thiazole rings is 1. The molecular weight excluding hydrogens is 492 g/mol. The van der Waals surface area contributed by atoms with Crippen LogP contribution in [0.15, 0.2) is 78.9 Å². The van der Waals surface area contributed by atoms with Crippen molar-refractivity contribution in [2.45, 2.75) is 13.8 Å². The third-order valence-corrected chi connectivity index (χ3v) is 7.66. The monoisotopic (exact) mass is 514 g/mol. The van der Waals surface area contributed by atoms with Crippen molar-refractivity contribution in [3.05, 3.63) is 94.9 Å². The maximum absolute atomic E-state index is 13.3. The van der Waals surface area contributed by atoms with E-state index in [9.17, 15) is 9.59 Å². The van der Waals surface area contributed by atoms with Gasteiger partial charge in [-0.15, -0.1) is 22.7 Å². The standard InChI is InChI=1S/C28H22N2O4S2/c1-3-33-28(32)24-17(2)23(26-29-21-14-7-8-15-22(21)35-26)27(36-24)30-25(31)18-10-9-13-20(16-18)34-19-11-5-4-6-12-19/h4-16H,3H2,1-2H3,(H,30,31). The minimum absolute atomic E-state index is 0.266. The highest BCUT2D eigenvalue weighted by Gasteiger charge is 2.25. The third kappa shape index (κ3) is 4.86. The zero-order valence-corrected chi connectivity index (χ0v) is 21.2. The highest BCUT2D eigenvalue weighted by Crippen LogP contribution is 2.43. The van der Waals surface area contributed by atoms with Gasteiger partial charge in [-0.05, 0) is 61.9 Å². The maximum atomic E-state index is 13.3. The fourth-order valence-corrected chi connectivity index (χ4v) is 5.97. The van der Waals surface area contributed by atoms with E-state index in [0.717, 1.165) is 26.4 Å². The number of ether oxygens (including phenoxy) is 2. The Hall–Kier alpha value is -4.01. The highest BCUT2D eigenvalue weighted by molar-refractivity contribution is 7.23. The summed E-state index contributed by atoms with van der Waals surface area (Å²) in [5.41, 5.74) is 2.76. The molecule has 5 aromatic rings. The molecule has 1 amide bonds. The molecule has 3 aromatic carbocycles. The van der Waals surface area contributed by atoms with Crippen LogP contribution in [-0.4, -0.2) is 23.5 Å². The summed E-state index contributed by atoms with van der Waals surface area (Å²) in [5.74, 6) is 0.504. The molecule has 1 N–H and O–H groups in total. The number of nitrogens with one attached hydrogen (secondary N) is 1. The fourth-order valence-electron chi connectivity index (χ4n) is 3.73. The van der Waals surface area contributed by atoms with Crippen molar-refractivity contribution < 1.29 is 19.1 Å². The highest BCUT2D eigenvalue weighted by atomic mass is 32.1. The van der Waals surface area contributed by atoms with Gasteiger partial charge >= 0.3 is 5.97 Å². The van der Waals surface area contributed by atoms with Crippen molar-refractivity contribution in [3.63, 3.8) is 0 Å². The van der Waals surface area contributed by atoms with Crippen molar-refractivity contribution in [2.75, 3.05) is 11.9 Å². The van der Waals surface area contributed by atoms with Crippen LogP contribution in [-0.2, 0) is 4.74 Å². The largest absolute Gasteiger partial charge is 0.462 e. The first-order valence-electron chi connectivity index (χ1n) is 11.3. The molecule has 8 heteroatoms. The van der Waals surface area contributed by atoms with E-state index in [1.807, 2.05) is 61.5 Å². The molecule has 0 unspecified atom stereocenters. The minimum atomic E-state index is -0.416. The SMILES string of the molecule is CCOC(=O)c1sc(NC(=O)c2cccc(Oc3ccccc3)c2)c(-c2nc3ccccc3s2)c1C. The molecule has 36 heavy (non-hydrogen) atoms. The number of amides is 1. The number of anilines is 1. The van der Waals surface area contributed by atoms with E-state index < -0.39 is 5.97 Å². The Bertz CT molecular complexity index is 1520. The maximum Gasteiger partial charge on any atom is 0.348 e. The second-order valence-corrected chi connectivity index (χ2v) is 9.92. The number of hydrogen-bond acceptors (Lipinski definition) is 7. The van der Waals surface area contributed by atoms with Crippen molar-refractivity contribution in [2.24, 2.45) is 0 Å². The van der Waals surface area contributed by atoms with E-state index in [-0.39, 0.29) is 12.5 Å². The number of rotatable bonds is 7. The van der Waals surface area contributed by atoms with Crippen LogP contribution >= 0.6 is 22.7 Å². The quantitative estimate of drug-likeness (QED) is 0.227. The summed E-state index contributed by atoms with van der Waals surface area (Å²) < 4.78 is 12.2. The number of carbonyl (C=O) groups is 2. The van der Waals surface area contributed by atoms with Crippen molar-refractivity contribution in [3.8, 4) is 22.1 Å². The number of benzene rings is 3. The van der Waals surface area contributed by atoms with E-state index in [0.29, 0.717) is 26.9 Å². The lowest BCUT2D eigenvalue weighted by Gasteiger charge is -2.09. The second-order valence-electron chi connectivity index (χ2n) is 7.86. The van der Waals surface area contributed by atoms with Gasteiger partial charge in [-0.3, -0.25) is 4.79 Å². The van der Waals surface area contributed by atoms with Crippen LogP contribution in [0.25, 0.3) is 20.8 Å². The predicted octanol–water partition coefficient (Wildman–Crippen LogP) is 7.55. The molecule has 5 rings (SSSR count). The van der Waals surface area contributed by atoms with Crippen molar-refractivity contribution in [1.82, 2.24) is 4.98 Å². The molecule has 0 atom stereocenters. The zero-order chi connectivity index (χ0) is 25.1. The molecule has 0 saturated heterocycles. The van der Waals surface area contributed by atoms with Gasteiger partial charge in [0, 0.05) is 11.1 Å². The first-order valence-corrected chi connectivity index (χ1v) is 13.0. The summed E-state index contributed by atoms with van der Waals surface area (Å²) in [7, 11) is 0. The van der Waals surface area contributed by atoms with Gasteiger partial charge in [-0.2, -0.15) is 0 Å². The summed E-state index contributed by atoms with van der Waals surface area (Å²) >= 11 is 2.71. The molecule has 2 aromatic heterocycles. The smallest absolute Gasteiger partial charge is 0.348 e. The van der Waals surface area contributed by atoms with E-state index in [1.54, 1.807) is 31.2 Å². The van der Waals surface area contributed by atoms with E-state index in [2.05, 4.69) is 5.32 Å². The van der Waals surface area contributed by atoms with Crippen LogP contribution in [0, 0.1) is 6.92 Å². The Labute approximate surface area is 216 Å². The molecule has 6 nitrogen and oxygen atoms in total. The van der Waals surface area contributed by atoms with Gasteiger partial charge < -0.3 is 14.8 Å². The Morgan fingerprint density at radius 1 is 0.917 bits per heavy atom. The fraction of sp³-hybridized carbons (Fsp3) is 0.107. The molecule has 0 radical (unpaired) electrons. The average molecular weight is 515 g/mol. The lowest BCUT2D eigenvalue weighted by atomic mass is 10.1. The van der Waals surface area contributed by atoms with Crippen LogP contribution in [0.1, 0.15) is 32.5 Å². The van der Waals surface area contributed by atoms with E-state index in [4.69, 9.17) is 14.5 Å². The molecule has 0 spiro atoms. The number of carbonyl (C=O) groups excluding carboxylic acids is 2. The lowest BCUT2D eigenvalue weighted by Crippen LogP contribution is -2.11. The molecule has 0 bridgehead atoms. The predicted molar refractivity (Wildman–Crippen MR) is 145 cm³/mol. The van der Waals surface area contributed by atoms with Gasteiger partial charge in [-0.25, -0.2) is 9.78 Å². The molecular formula is C28H22N2O4S2. The topological polar surface area (TPSA) is 77.5 Å². The van der Waals surface area contributed by atoms with Crippen LogP contribution in [0.2, 0.25) is 0 Å². The zero-order valence-electron chi connectivity index (χ0n) is 19.6. The number of fused-ring (bicyclic) bond motifs is 1. The number of hydrogen-bond donors (Lipinski definition) is 1. The van der Waals surface area contributed by atoms with Gasteiger partial charge in [0.2, 0.25) is 0 Å². The molecule has 0 aliphatic heterocycles. The Morgan fingerprint density at radius 2 is 1.67 bits per heavy atom. The summed E-state index contributed by atoms with van der Waals surface area (Å²) in [4.78, 5) is 31.2. The van der Waals surface area contributed by atoms with Crippen LogP contribution in [0.3, 0.4) is 0 Å². The Kier molecular flexibility index (Phi) is 6.79. The normalized spacial score (nSPS) is 10.8. The molecule has 180 valence electrons. The molecule has 0 saturated carbocycles. The van der Waals surface area contributed by atoms with Gasteiger partial charge in [0.15, 0.2) is 0 Å². The third-order valence-electron chi connectivity index (χ3n) is 5.42. The van der Waals surface area contributed by atoms with Gasteiger partial charge in [0.05, 0.1) is 16.8 Å². The first kappa shape index (κ1) is 23.7. The number of para-hydroxylation sites is 2. The van der Waals surface area contributed by atoms with Crippen LogP contribution < -0.4 is 10.1 Å². The molecule has 0 aliphatic carbocycles. The number of aromatic nitrogens is 1. The summed E-state index contributed by atoms with van der Waals surface area (Å²) in [6.45, 7) is 3.89. The number of thiophene rings is 1. The lowest BCUT2D eigenvalue weighted by molar-refractivity contribution is 0.0531. The first-order chi connectivity index (χ1) is 17.5. The van der Waals surface area contributed by atoms with Crippen molar-refractivity contribution >= 4 is 49.8 Å². The molecule has 0 fully saturated rings. The van der Waals surface area contributed by atoms with Gasteiger partial charge in [0.1, 0.15) is 26.4 Å². The van der Waals surface area contributed by atoms with Crippen LogP contribution in [0.5, 0.6) is 11.5 Å². The Balaban J connectivity index is 1.49. The summed E-state index contributed by atoms with van der Waals surface area (Å²) in [6.07, 6.45) is 0. The summed E-state index contributed by atoms with van der Waals surface area (Å²) in [5, 5.41) is 4.29. The summed E-state index contributed by atoms with van der Waals surface area (Å²) in [6, 6.07) is 24.2. The van der Waals surface area contributed by atoms with Gasteiger partial charge in [0.25, 0.3) is 5.91 Å². The number of nitrogens with zero attached hydrogens (tertiary/aromatic N) is 1. The Morgan fingerprint density at radius 3 is 2.44 bits per heavy atom. The average Bonchev–Trinajstić information content (AvgIpc) is 3.45. The van der Waals surface area contributed by atoms with Crippen LogP contribution in [0.4, 0.5) is 5.00 Å². The van der Waals surface area contributed by atoms with E-state index >= 15 is 0 Å². The molecule has 2 heterocycles. The van der Waals surface area contributed by atoms with Crippen molar-refractivity contribution in [1.29, 1.82) is 0 Å². The van der Waals surface area contributed by atoms with Gasteiger partial charge in [-0.1, -0.05) is 36.4 Å². The minimum Gasteiger partial charge on any atom is -0.462 e. The van der Waals surface area contributed by atoms with E-state index in [1.165, 1.54) is 22.7 Å².